The summed E-state index contributed by atoms with van der Waals surface area (Å²) >= 11 is 0. The van der Waals surface area contributed by atoms with Crippen LogP contribution in [0.5, 0.6) is 5.75 Å². The van der Waals surface area contributed by atoms with Crippen molar-refractivity contribution in [3.8, 4) is 22.9 Å². The SMILES string of the molecule is N#Cc1cccc(-c2ccc(OC[C@@H](O)CCc3cccnc3)cc2)c1. The van der Waals surface area contributed by atoms with E-state index in [1.165, 1.54) is 0 Å². The van der Waals surface area contributed by atoms with Gasteiger partial charge in [0.25, 0.3) is 0 Å². The lowest BCUT2D eigenvalue weighted by atomic mass is 10.0. The van der Waals surface area contributed by atoms with Gasteiger partial charge in [-0.25, -0.2) is 0 Å². The maximum atomic E-state index is 10.1. The highest BCUT2D eigenvalue weighted by atomic mass is 16.5. The van der Waals surface area contributed by atoms with Crippen LogP contribution < -0.4 is 4.74 Å². The number of aliphatic hydroxyl groups is 1. The summed E-state index contributed by atoms with van der Waals surface area (Å²) in [6, 6.07) is 21.2. The molecule has 0 amide bonds. The molecule has 3 rings (SSSR count). The molecule has 0 bridgehead atoms. The highest BCUT2D eigenvalue weighted by Gasteiger charge is 2.07. The van der Waals surface area contributed by atoms with Crippen molar-refractivity contribution in [2.75, 3.05) is 6.61 Å². The molecule has 2 aromatic carbocycles. The topological polar surface area (TPSA) is 66.1 Å². The van der Waals surface area contributed by atoms with Crippen LogP contribution in [0.2, 0.25) is 0 Å². The molecule has 0 spiro atoms. The van der Waals surface area contributed by atoms with Gasteiger partial charge < -0.3 is 9.84 Å². The Balaban J connectivity index is 1.52. The normalized spacial score (nSPS) is 11.5. The third-order valence-electron chi connectivity index (χ3n) is 4.11. The zero-order valence-electron chi connectivity index (χ0n) is 14.4. The Hall–Kier alpha value is -3.16. The summed E-state index contributed by atoms with van der Waals surface area (Å²) in [5.74, 6) is 0.714. The second-order valence-corrected chi connectivity index (χ2v) is 6.08. The highest BCUT2D eigenvalue weighted by molar-refractivity contribution is 5.65. The number of benzene rings is 2. The predicted molar refractivity (Wildman–Crippen MR) is 101 cm³/mol. The van der Waals surface area contributed by atoms with E-state index < -0.39 is 6.10 Å². The Morgan fingerprint density at radius 1 is 1.04 bits per heavy atom. The van der Waals surface area contributed by atoms with E-state index in [0.29, 0.717) is 17.7 Å². The Morgan fingerprint density at radius 2 is 1.88 bits per heavy atom. The lowest BCUT2D eigenvalue weighted by Crippen LogP contribution is -2.18. The number of nitrogens with zero attached hydrogens (tertiary/aromatic N) is 2. The van der Waals surface area contributed by atoms with Crippen molar-refractivity contribution >= 4 is 0 Å². The van der Waals surface area contributed by atoms with E-state index in [4.69, 9.17) is 10.00 Å². The average molecular weight is 344 g/mol. The van der Waals surface area contributed by atoms with Gasteiger partial charge in [0.15, 0.2) is 0 Å². The summed E-state index contributed by atoms with van der Waals surface area (Å²) in [5, 5.41) is 19.1. The van der Waals surface area contributed by atoms with Crippen molar-refractivity contribution < 1.29 is 9.84 Å². The Bertz CT molecular complexity index is 871. The monoisotopic (exact) mass is 344 g/mol. The molecule has 0 unspecified atom stereocenters. The molecule has 4 heteroatoms. The maximum Gasteiger partial charge on any atom is 0.119 e. The van der Waals surface area contributed by atoms with Crippen LogP contribution in [0, 0.1) is 11.3 Å². The predicted octanol–water partition coefficient (Wildman–Crippen LogP) is 3.99. The van der Waals surface area contributed by atoms with Crippen molar-refractivity contribution in [2.45, 2.75) is 18.9 Å². The van der Waals surface area contributed by atoms with E-state index in [1.54, 1.807) is 12.3 Å². The third-order valence-corrected chi connectivity index (χ3v) is 4.11. The van der Waals surface area contributed by atoms with Crippen molar-refractivity contribution in [1.82, 2.24) is 4.98 Å². The second kappa shape index (κ2) is 8.80. The average Bonchev–Trinajstić information content (AvgIpc) is 2.72. The molecular weight excluding hydrogens is 324 g/mol. The molecule has 0 saturated heterocycles. The number of rotatable bonds is 7. The Labute approximate surface area is 153 Å². The molecule has 3 aromatic rings. The summed E-state index contributed by atoms with van der Waals surface area (Å²) in [4.78, 5) is 4.07. The van der Waals surface area contributed by atoms with Crippen molar-refractivity contribution in [1.29, 1.82) is 5.26 Å². The fourth-order valence-electron chi connectivity index (χ4n) is 2.67. The van der Waals surface area contributed by atoms with Crippen LogP contribution in [-0.2, 0) is 6.42 Å². The van der Waals surface area contributed by atoms with Crippen molar-refractivity contribution in [2.24, 2.45) is 0 Å². The summed E-state index contributed by atoms with van der Waals surface area (Å²) in [7, 11) is 0. The van der Waals surface area contributed by atoms with E-state index in [9.17, 15) is 5.11 Å². The molecule has 0 aliphatic carbocycles. The summed E-state index contributed by atoms with van der Waals surface area (Å²) < 4.78 is 5.67. The lowest BCUT2D eigenvalue weighted by molar-refractivity contribution is 0.100. The van der Waals surface area contributed by atoms with Gasteiger partial charge in [-0.2, -0.15) is 5.26 Å². The largest absolute Gasteiger partial charge is 0.491 e. The smallest absolute Gasteiger partial charge is 0.119 e. The molecule has 26 heavy (non-hydrogen) atoms. The summed E-state index contributed by atoms with van der Waals surface area (Å²) in [6.07, 6.45) is 4.43. The van der Waals surface area contributed by atoms with E-state index in [1.807, 2.05) is 60.8 Å². The van der Waals surface area contributed by atoms with E-state index >= 15 is 0 Å². The maximum absolute atomic E-state index is 10.1. The molecule has 0 fully saturated rings. The fourth-order valence-corrected chi connectivity index (χ4v) is 2.67. The van der Waals surface area contributed by atoms with E-state index in [0.717, 1.165) is 23.1 Å². The number of hydrogen-bond acceptors (Lipinski definition) is 4. The standard InChI is InChI=1S/C22H20N2O2/c23-14-18-3-1-5-20(13-18)19-7-10-22(11-8-19)26-16-21(25)9-6-17-4-2-12-24-15-17/h1-5,7-8,10-13,15,21,25H,6,9,16H2/t21-/m0/s1. The van der Waals surface area contributed by atoms with Gasteiger partial charge in [-0.3, -0.25) is 4.98 Å². The van der Waals surface area contributed by atoms with Gasteiger partial charge >= 0.3 is 0 Å². The molecule has 4 nitrogen and oxygen atoms in total. The quantitative estimate of drug-likeness (QED) is 0.704. The van der Waals surface area contributed by atoms with Gasteiger partial charge in [-0.1, -0.05) is 30.3 Å². The number of pyridine rings is 1. The molecule has 1 atom stereocenters. The zero-order valence-corrected chi connectivity index (χ0v) is 14.4. The first-order valence-electron chi connectivity index (χ1n) is 8.55. The van der Waals surface area contributed by atoms with Crippen LogP contribution in [0.25, 0.3) is 11.1 Å². The van der Waals surface area contributed by atoms with Gasteiger partial charge in [0.2, 0.25) is 0 Å². The second-order valence-electron chi connectivity index (χ2n) is 6.08. The zero-order chi connectivity index (χ0) is 18.2. The third kappa shape index (κ3) is 4.92. The molecule has 130 valence electrons. The Kier molecular flexibility index (Phi) is 5.97. The van der Waals surface area contributed by atoms with Crippen LogP contribution in [0.3, 0.4) is 0 Å². The van der Waals surface area contributed by atoms with Crippen LogP contribution in [0.4, 0.5) is 0 Å². The fraction of sp³-hybridized carbons (Fsp3) is 0.182. The minimum absolute atomic E-state index is 0.253. The summed E-state index contributed by atoms with van der Waals surface area (Å²) in [5.41, 5.74) is 3.76. The number of aliphatic hydroxyl groups excluding tert-OH is 1. The first kappa shape index (κ1) is 17.7. The molecular formula is C22H20N2O2. The van der Waals surface area contributed by atoms with Gasteiger partial charge in [0, 0.05) is 12.4 Å². The van der Waals surface area contributed by atoms with Crippen molar-refractivity contribution in [3.05, 3.63) is 84.2 Å². The molecule has 0 saturated carbocycles. The number of aromatic nitrogens is 1. The molecule has 1 aromatic heterocycles. The van der Waals surface area contributed by atoms with E-state index in [-0.39, 0.29) is 6.61 Å². The summed E-state index contributed by atoms with van der Waals surface area (Å²) in [6.45, 7) is 0.253. The van der Waals surface area contributed by atoms with Gasteiger partial charge in [-0.05, 0) is 59.9 Å². The number of aryl methyl sites for hydroxylation is 1. The lowest BCUT2D eigenvalue weighted by Gasteiger charge is -2.13. The van der Waals surface area contributed by atoms with Crippen LogP contribution in [0.15, 0.2) is 73.1 Å². The number of hydrogen-bond donors (Lipinski definition) is 1. The van der Waals surface area contributed by atoms with Crippen molar-refractivity contribution in [3.63, 3.8) is 0 Å². The molecule has 0 aliphatic heterocycles. The number of ether oxygens (including phenoxy) is 1. The molecule has 0 radical (unpaired) electrons. The minimum atomic E-state index is -0.526. The first-order chi connectivity index (χ1) is 12.7. The Morgan fingerprint density at radius 3 is 2.62 bits per heavy atom. The molecule has 1 heterocycles. The minimum Gasteiger partial charge on any atom is -0.491 e. The van der Waals surface area contributed by atoms with Gasteiger partial charge in [0.1, 0.15) is 12.4 Å². The van der Waals surface area contributed by atoms with Crippen LogP contribution >= 0.6 is 0 Å². The van der Waals surface area contributed by atoms with Gasteiger partial charge in [-0.15, -0.1) is 0 Å². The van der Waals surface area contributed by atoms with Gasteiger partial charge in [0.05, 0.1) is 17.7 Å². The molecule has 1 N–H and O–H groups in total. The first-order valence-corrected chi connectivity index (χ1v) is 8.55. The van der Waals surface area contributed by atoms with Crippen LogP contribution in [0.1, 0.15) is 17.5 Å². The van der Waals surface area contributed by atoms with E-state index in [2.05, 4.69) is 11.1 Å². The molecule has 0 aliphatic rings. The van der Waals surface area contributed by atoms with Crippen LogP contribution in [-0.4, -0.2) is 22.8 Å². The number of nitriles is 1. The highest BCUT2D eigenvalue weighted by Crippen LogP contribution is 2.23.